The molecule has 0 aromatic heterocycles. The first-order valence-electron chi connectivity index (χ1n) is 5.10. The molecule has 0 amide bonds. The van der Waals surface area contributed by atoms with E-state index < -0.39 is 0 Å². The van der Waals surface area contributed by atoms with Gasteiger partial charge in [-0.2, -0.15) is 0 Å². The van der Waals surface area contributed by atoms with Crippen LogP contribution in [-0.2, 0) is 0 Å². The van der Waals surface area contributed by atoms with Crippen molar-refractivity contribution in [1.82, 2.24) is 0 Å². The quantitative estimate of drug-likeness (QED) is 0.563. The van der Waals surface area contributed by atoms with Crippen LogP contribution in [0.2, 0.25) is 0 Å². The van der Waals surface area contributed by atoms with Gasteiger partial charge in [0.25, 0.3) is 0 Å². The van der Waals surface area contributed by atoms with E-state index in [0.717, 1.165) is 0 Å². The monoisotopic (exact) mass is 180 g/mol. The lowest BCUT2D eigenvalue weighted by Gasteiger charge is -2.22. The molecule has 13 heavy (non-hydrogen) atoms. The van der Waals surface area contributed by atoms with Crippen LogP contribution in [0.3, 0.4) is 0 Å². The Morgan fingerprint density at radius 1 is 1.15 bits per heavy atom. The van der Waals surface area contributed by atoms with Crippen LogP contribution in [-0.4, -0.2) is 0 Å². The van der Waals surface area contributed by atoms with Gasteiger partial charge >= 0.3 is 0 Å². The van der Waals surface area contributed by atoms with E-state index in [1.54, 1.807) is 0 Å². The Morgan fingerprint density at radius 2 is 1.62 bits per heavy atom. The summed E-state index contributed by atoms with van der Waals surface area (Å²) in [7, 11) is 0. The van der Waals surface area contributed by atoms with Crippen LogP contribution in [0.25, 0.3) is 0 Å². The second-order valence-corrected chi connectivity index (χ2v) is 5.05. The average Bonchev–Trinajstić information content (AvgIpc) is 2.01. The van der Waals surface area contributed by atoms with E-state index in [4.69, 9.17) is 0 Å². The van der Waals surface area contributed by atoms with E-state index in [1.165, 1.54) is 5.57 Å². The Hall–Kier alpha value is -0.520. The number of allylic oxidation sites excluding steroid dienone is 3. The molecule has 0 heterocycles. The third kappa shape index (κ3) is 4.31. The molecule has 0 fully saturated rings. The molecule has 0 saturated carbocycles. The van der Waals surface area contributed by atoms with E-state index in [-0.39, 0.29) is 0 Å². The maximum absolute atomic E-state index is 3.82. The first-order valence-corrected chi connectivity index (χ1v) is 5.10. The van der Waals surface area contributed by atoms with Gasteiger partial charge in [0.15, 0.2) is 0 Å². The average molecular weight is 180 g/mol. The molecule has 0 aromatic rings. The summed E-state index contributed by atoms with van der Waals surface area (Å²) in [6.07, 6.45) is 4.39. The van der Waals surface area contributed by atoms with Gasteiger partial charge in [-0.25, -0.2) is 0 Å². The molecule has 0 nitrogen and oxygen atoms in total. The Balaban J connectivity index is 4.47. The molecule has 0 aliphatic heterocycles. The molecular formula is C13H24. The van der Waals surface area contributed by atoms with Crippen LogP contribution in [0.4, 0.5) is 0 Å². The maximum Gasteiger partial charge on any atom is -0.0176 e. The Labute approximate surface area is 83.7 Å². The predicted octanol–water partition coefficient (Wildman–Crippen LogP) is 4.44. The highest BCUT2D eigenvalue weighted by molar-refractivity contribution is 5.10. The molecule has 0 aliphatic rings. The lowest BCUT2D eigenvalue weighted by molar-refractivity contribution is 0.482. The van der Waals surface area contributed by atoms with Crippen LogP contribution in [0.1, 0.15) is 41.5 Å². The van der Waals surface area contributed by atoms with Gasteiger partial charge in [-0.05, 0) is 24.2 Å². The molecule has 0 aromatic carbocycles. The van der Waals surface area contributed by atoms with Crippen LogP contribution in [0, 0.1) is 17.3 Å². The molecule has 2 unspecified atom stereocenters. The Bertz CT molecular complexity index is 191. The largest absolute Gasteiger partial charge is 0.103 e. The highest BCUT2D eigenvalue weighted by Crippen LogP contribution is 2.27. The van der Waals surface area contributed by atoms with Crippen LogP contribution in [0.15, 0.2) is 24.3 Å². The lowest BCUT2D eigenvalue weighted by atomic mass is 9.83. The zero-order valence-corrected chi connectivity index (χ0v) is 10.0. The van der Waals surface area contributed by atoms with Crippen LogP contribution in [0.5, 0.6) is 0 Å². The van der Waals surface area contributed by atoms with Gasteiger partial charge in [0.2, 0.25) is 0 Å². The number of rotatable bonds is 3. The molecule has 0 bridgehead atoms. The van der Waals surface area contributed by atoms with Crippen molar-refractivity contribution in [3.8, 4) is 0 Å². The van der Waals surface area contributed by atoms with Crippen molar-refractivity contribution in [2.24, 2.45) is 17.3 Å². The summed E-state index contributed by atoms with van der Waals surface area (Å²) in [6, 6.07) is 0. The molecule has 0 heteroatoms. The first kappa shape index (κ1) is 12.5. The van der Waals surface area contributed by atoms with Crippen molar-refractivity contribution in [2.75, 3.05) is 0 Å². The molecule has 2 atom stereocenters. The third-order valence-electron chi connectivity index (χ3n) is 2.90. The Kier molecular flexibility index (Phi) is 4.46. The molecule has 0 aliphatic carbocycles. The topological polar surface area (TPSA) is 0 Å². The van der Waals surface area contributed by atoms with E-state index in [9.17, 15) is 0 Å². The molecule has 0 saturated heterocycles. The molecule has 0 N–H and O–H groups in total. The van der Waals surface area contributed by atoms with Crippen molar-refractivity contribution in [3.63, 3.8) is 0 Å². The SMILES string of the molecule is C=CC(C)C(C)/C=C(\C)C(C)(C)C. The van der Waals surface area contributed by atoms with E-state index >= 15 is 0 Å². The molecule has 0 radical (unpaired) electrons. The fraction of sp³-hybridized carbons (Fsp3) is 0.692. The summed E-state index contributed by atoms with van der Waals surface area (Å²) in [6.45, 7) is 17.3. The van der Waals surface area contributed by atoms with Crippen molar-refractivity contribution in [2.45, 2.75) is 41.5 Å². The van der Waals surface area contributed by atoms with Gasteiger partial charge in [0, 0.05) is 0 Å². The second kappa shape index (κ2) is 4.64. The minimum Gasteiger partial charge on any atom is -0.103 e. The minimum absolute atomic E-state index is 0.301. The van der Waals surface area contributed by atoms with Gasteiger partial charge in [-0.1, -0.05) is 52.3 Å². The summed E-state index contributed by atoms with van der Waals surface area (Å²) >= 11 is 0. The third-order valence-corrected chi connectivity index (χ3v) is 2.90. The highest BCUT2D eigenvalue weighted by atomic mass is 14.2. The number of hydrogen-bond acceptors (Lipinski definition) is 0. The molecular weight excluding hydrogens is 156 g/mol. The van der Waals surface area contributed by atoms with Gasteiger partial charge in [-0.3, -0.25) is 0 Å². The fourth-order valence-electron chi connectivity index (χ4n) is 1.01. The fourth-order valence-corrected chi connectivity index (χ4v) is 1.01. The van der Waals surface area contributed by atoms with Crippen LogP contribution < -0.4 is 0 Å². The standard InChI is InChI=1S/C13H24/c1-8-10(2)11(3)9-12(4)13(5,6)7/h8-11H,1H2,2-7H3/b12-9+. The van der Waals surface area contributed by atoms with E-state index in [0.29, 0.717) is 17.3 Å². The lowest BCUT2D eigenvalue weighted by Crippen LogP contribution is -2.10. The Morgan fingerprint density at radius 3 is 1.92 bits per heavy atom. The summed E-state index contributed by atoms with van der Waals surface area (Å²) in [4.78, 5) is 0. The van der Waals surface area contributed by atoms with Gasteiger partial charge in [0.05, 0.1) is 0 Å². The summed E-state index contributed by atoms with van der Waals surface area (Å²) in [5, 5.41) is 0. The first-order chi connectivity index (χ1) is 5.79. The second-order valence-electron chi connectivity index (χ2n) is 5.05. The summed E-state index contributed by atoms with van der Waals surface area (Å²) < 4.78 is 0. The maximum atomic E-state index is 3.82. The van der Waals surface area contributed by atoms with E-state index in [2.05, 4.69) is 54.2 Å². The highest BCUT2D eigenvalue weighted by Gasteiger charge is 2.14. The number of hydrogen-bond donors (Lipinski definition) is 0. The summed E-state index contributed by atoms with van der Waals surface area (Å²) in [5.41, 5.74) is 1.77. The normalized spacial score (nSPS) is 18.2. The van der Waals surface area contributed by atoms with Crippen molar-refractivity contribution in [1.29, 1.82) is 0 Å². The van der Waals surface area contributed by atoms with Crippen molar-refractivity contribution in [3.05, 3.63) is 24.3 Å². The van der Waals surface area contributed by atoms with E-state index in [1.807, 2.05) is 6.08 Å². The molecule has 76 valence electrons. The smallest absolute Gasteiger partial charge is 0.0176 e. The van der Waals surface area contributed by atoms with Crippen LogP contribution >= 0.6 is 0 Å². The van der Waals surface area contributed by atoms with Crippen molar-refractivity contribution < 1.29 is 0 Å². The predicted molar refractivity (Wildman–Crippen MR) is 61.7 cm³/mol. The molecule has 0 spiro atoms. The zero-order valence-electron chi connectivity index (χ0n) is 10.0. The zero-order chi connectivity index (χ0) is 10.6. The van der Waals surface area contributed by atoms with Gasteiger partial charge in [-0.15, -0.1) is 6.58 Å². The van der Waals surface area contributed by atoms with Gasteiger partial charge in [0.1, 0.15) is 0 Å². The van der Waals surface area contributed by atoms with Gasteiger partial charge < -0.3 is 0 Å². The van der Waals surface area contributed by atoms with Crippen molar-refractivity contribution >= 4 is 0 Å². The molecule has 0 rings (SSSR count). The summed E-state index contributed by atoms with van der Waals surface area (Å²) in [5.74, 6) is 1.16. The minimum atomic E-state index is 0.301.